The van der Waals surface area contributed by atoms with Crippen molar-refractivity contribution in [2.24, 2.45) is 0 Å². The Morgan fingerprint density at radius 2 is 2.07 bits per heavy atom. The van der Waals surface area contributed by atoms with Gasteiger partial charge in [0.1, 0.15) is 0 Å². The largest absolute Gasteiger partial charge is 0.481 e. The quantitative estimate of drug-likeness (QED) is 0.805. The Hall–Kier alpha value is -1.51. The number of para-hydroxylation sites is 1. The average Bonchev–Trinajstić information content (AvgIpc) is 2.17. The van der Waals surface area contributed by atoms with Crippen molar-refractivity contribution in [3.63, 3.8) is 0 Å². The SMILES string of the molecule is Cc1ccccc1N(C)CCCC(=O)O. The van der Waals surface area contributed by atoms with Gasteiger partial charge in [-0.15, -0.1) is 0 Å². The molecule has 1 rings (SSSR count). The minimum atomic E-state index is -0.729. The van der Waals surface area contributed by atoms with Crippen molar-refractivity contribution >= 4 is 11.7 Å². The Kier molecular flexibility index (Phi) is 4.16. The molecule has 0 spiro atoms. The standard InChI is InChI=1S/C12H17NO2/c1-10-6-3-4-7-11(10)13(2)9-5-8-12(14)15/h3-4,6-7H,5,8-9H2,1-2H3,(H,14,15). The van der Waals surface area contributed by atoms with Gasteiger partial charge in [0.25, 0.3) is 0 Å². The molecule has 0 saturated carbocycles. The summed E-state index contributed by atoms with van der Waals surface area (Å²) in [5, 5.41) is 8.53. The zero-order valence-corrected chi connectivity index (χ0v) is 9.23. The third-order valence-corrected chi connectivity index (χ3v) is 2.41. The molecule has 1 aromatic carbocycles. The first kappa shape index (κ1) is 11.6. The Bertz CT molecular complexity index is 336. The Labute approximate surface area is 90.3 Å². The topological polar surface area (TPSA) is 40.5 Å². The second-order valence-corrected chi connectivity index (χ2v) is 3.71. The third-order valence-electron chi connectivity index (χ3n) is 2.41. The van der Waals surface area contributed by atoms with Gasteiger partial charge >= 0.3 is 5.97 Å². The van der Waals surface area contributed by atoms with Crippen LogP contribution in [0.5, 0.6) is 0 Å². The van der Waals surface area contributed by atoms with Crippen molar-refractivity contribution in [2.75, 3.05) is 18.5 Å². The maximum Gasteiger partial charge on any atom is 0.303 e. The van der Waals surface area contributed by atoms with E-state index in [2.05, 4.69) is 24.0 Å². The van der Waals surface area contributed by atoms with Crippen LogP contribution in [0.3, 0.4) is 0 Å². The summed E-state index contributed by atoms with van der Waals surface area (Å²) in [5.74, 6) is -0.729. The van der Waals surface area contributed by atoms with Gasteiger partial charge in [-0.2, -0.15) is 0 Å². The van der Waals surface area contributed by atoms with Gasteiger partial charge in [0.2, 0.25) is 0 Å². The van der Waals surface area contributed by atoms with Gasteiger partial charge in [0, 0.05) is 25.7 Å². The first-order valence-corrected chi connectivity index (χ1v) is 5.10. The van der Waals surface area contributed by atoms with Crippen LogP contribution in [-0.4, -0.2) is 24.7 Å². The molecule has 1 aromatic rings. The van der Waals surface area contributed by atoms with Crippen LogP contribution in [0.15, 0.2) is 24.3 Å². The lowest BCUT2D eigenvalue weighted by Crippen LogP contribution is -2.20. The number of carbonyl (C=O) groups is 1. The Morgan fingerprint density at radius 1 is 1.40 bits per heavy atom. The molecule has 0 aliphatic rings. The molecule has 0 heterocycles. The molecule has 0 aromatic heterocycles. The molecular formula is C12H17NO2. The van der Waals surface area contributed by atoms with E-state index in [1.54, 1.807) is 0 Å². The number of rotatable bonds is 5. The number of carboxylic acid groups (broad SMARTS) is 1. The molecule has 0 aliphatic heterocycles. The molecule has 0 amide bonds. The fraction of sp³-hybridized carbons (Fsp3) is 0.417. The van der Waals surface area contributed by atoms with Crippen molar-refractivity contribution in [1.29, 1.82) is 0 Å². The third kappa shape index (κ3) is 3.62. The van der Waals surface area contributed by atoms with Gasteiger partial charge in [-0.05, 0) is 25.0 Å². The number of carboxylic acids is 1. The first-order chi connectivity index (χ1) is 7.11. The van der Waals surface area contributed by atoms with Crippen LogP contribution in [-0.2, 0) is 4.79 Å². The van der Waals surface area contributed by atoms with Crippen LogP contribution >= 0.6 is 0 Å². The predicted octanol–water partition coefficient (Wildman–Crippen LogP) is 2.30. The van der Waals surface area contributed by atoms with Crippen LogP contribution in [0.1, 0.15) is 18.4 Å². The van der Waals surface area contributed by atoms with Crippen LogP contribution < -0.4 is 4.90 Å². The minimum absolute atomic E-state index is 0.232. The smallest absolute Gasteiger partial charge is 0.303 e. The number of aryl methyl sites for hydroxylation is 1. The van der Waals surface area contributed by atoms with E-state index in [-0.39, 0.29) is 6.42 Å². The van der Waals surface area contributed by atoms with Crippen LogP contribution in [0, 0.1) is 6.92 Å². The number of benzene rings is 1. The summed E-state index contributed by atoms with van der Waals surface area (Å²) in [6.07, 6.45) is 0.913. The lowest BCUT2D eigenvalue weighted by Gasteiger charge is -2.20. The number of hydrogen-bond acceptors (Lipinski definition) is 2. The molecule has 0 aliphatic carbocycles. The molecule has 82 valence electrons. The summed E-state index contributed by atoms with van der Waals surface area (Å²) < 4.78 is 0. The van der Waals surface area contributed by atoms with Crippen molar-refractivity contribution in [3.8, 4) is 0 Å². The van der Waals surface area contributed by atoms with E-state index in [0.717, 1.165) is 6.54 Å². The van der Waals surface area contributed by atoms with E-state index in [9.17, 15) is 4.79 Å². The predicted molar refractivity (Wildman–Crippen MR) is 61.3 cm³/mol. The summed E-state index contributed by atoms with van der Waals surface area (Å²) in [5.41, 5.74) is 2.39. The second kappa shape index (κ2) is 5.39. The fourth-order valence-electron chi connectivity index (χ4n) is 1.58. The number of nitrogens with zero attached hydrogens (tertiary/aromatic N) is 1. The average molecular weight is 207 g/mol. The molecular weight excluding hydrogens is 190 g/mol. The van der Waals surface area contributed by atoms with E-state index in [1.165, 1.54) is 11.3 Å². The van der Waals surface area contributed by atoms with Gasteiger partial charge in [-0.25, -0.2) is 0 Å². The van der Waals surface area contributed by atoms with Crippen molar-refractivity contribution in [3.05, 3.63) is 29.8 Å². The highest BCUT2D eigenvalue weighted by Gasteiger charge is 2.04. The highest BCUT2D eigenvalue weighted by Crippen LogP contribution is 2.17. The van der Waals surface area contributed by atoms with Gasteiger partial charge in [-0.3, -0.25) is 4.79 Å². The van der Waals surface area contributed by atoms with Crippen LogP contribution in [0.2, 0.25) is 0 Å². The fourth-order valence-corrected chi connectivity index (χ4v) is 1.58. The summed E-state index contributed by atoms with van der Waals surface area (Å²) in [6.45, 7) is 2.83. The van der Waals surface area contributed by atoms with Crippen LogP contribution in [0.25, 0.3) is 0 Å². The summed E-state index contributed by atoms with van der Waals surface area (Å²) >= 11 is 0. The number of anilines is 1. The maximum atomic E-state index is 10.4. The monoisotopic (exact) mass is 207 g/mol. The lowest BCUT2D eigenvalue weighted by atomic mass is 10.2. The van der Waals surface area contributed by atoms with E-state index in [1.807, 2.05) is 19.2 Å². The summed E-state index contributed by atoms with van der Waals surface area (Å²) in [4.78, 5) is 12.5. The van der Waals surface area contributed by atoms with E-state index >= 15 is 0 Å². The number of hydrogen-bond donors (Lipinski definition) is 1. The van der Waals surface area contributed by atoms with Gasteiger partial charge < -0.3 is 10.0 Å². The first-order valence-electron chi connectivity index (χ1n) is 5.10. The molecule has 0 unspecified atom stereocenters. The van der Waals surface area contributed by atoms with Gasteiger partial charge in [0.05, 0.1) is 0 Å². The Balaban J connectivity index is 2.50. The van der Waals surface area contributed by atoms with Crippen LogP contribution in [0.4, 0.5) is 5.69 Å². The highest BCUT2D eigenvalue weighted by molar-refractivity contribution is 5.66. The van der Waals surface area contributed by atoms with Crippen molar-refractivity contribution in [1.82, 2.24) is 0 Å². The molecule has 0 fully saturated rings. The molecule has 0 bridgehead atoms. The lowest BCUT2D eigenvalue weighted by molar-refractivity contribution is -0.137. The van der Waals surface area contributed by atoms with E-state index < -0.39 is 5.97 Å². The number of aliphatic carboxylic acids is 1. The normalized spacial score (nSPS) is 10.0. The van der Waals surface area contributed by atoms with Gasteiger partial charge in [0.15, 0.2) is 0 Å². The van der Waals surface area contributed by atoms with Gasteiger partial charge in [-0.1, -0.05) is 18.2 Å². The molecule has 0 radical (unpaired) electrons. The molecule has 15 heavy (non-hydrogen) atoms. The minimum Gasteiger partial charge on any atom is -0.481 e. The zero-order valence-electron chi connectivity index (χ0n) is 9.23. The van der Waals surface area contributed by atoms with E-state index in [4.69, 9.17) is 5.11 Å². The molecule has 0 atom stereocenters. The summed E-state index contributed by atoms with van der Waals surface area (Å²) in [6, 6.07) is 8.11. The molecule has 3 heteroatoms. The second-order valence-electron chi connectivity index (χ2n) is 3.71. The van der Waals surface area contributed by atoms with E-state index in [0.29, 0.717) is 6.42 Å². The zero-order chi connectivity index (χ0) is 11.3. The maximum absolute atomic E-state index is 10.4. The molecule has 3 nitrogen and oxygen atoms in total. The van der Waals surface area contributed by atoms with Crippen molar-refractivity contribution in [2.45, 2.75) is 19.8 Å². The Morgan fingerprint density at radius 3 is 2.67 bits per heavy atom. The molecule has 0 saturated heterocycles. The van der Waals surface area contributed by atoms with Crippen molar-refractivity contribution < 1.29 is 9.90 Å². The highest BCUT2D eigenvalue weighted by atomic mass is 16.4. The summed E-state index contributed by atoms with van der Waals surface area (Å²) in [7, 11) is 1.99. The molecule has 1 N–H and O–H groups in total.